The summed E-state index contributed by atoms with van der Waals surface area (Å²) < 4.78 is 34.7. The van der Waals surface area contributed by atoms with Crippen LogP contribution in [0.15, 0.2) is 48.5 Å². The van der Waals surface area contributed by atoms with Crippen molar-refractivity contribution in [2.24, 2.45) is 5.73 Å². The Balaban J connectivity index is 1.54. The van der Waals surface area contributed by atoms with Gasteiger partial charge in [-0.2, -0.15) is 5.06 Å². The number of carbonyl (C=O) groups excluding carboxylic acids is 2. The van der Waals surface area contributed by atoms with Crippen LogP contribution in [0.4, 0.5) is 19.4 Å². The molecule has 2 atom stereocenters. The Bertz CT molecular complexity index is 1290. The maximum absolute atomic E-state index is 13.9. The van der Waals surface area contributed by atoms with E-state index in [4.69, 9.17) is 15.3 Å². The number of ether oxygens (including phenoxy) is 1. The molecule has 2 heterocycles. The first-order chi connectivity index (χ1) is 18.3. The van der Waals surface area contributed by atoms with Crippen molar-refractivity contribution in [1.29, 1.82) is 0 Å². The van der Waals surface area contributed by atoms with Gasteiger partial charge in [-0.25, -0.2) is 18.3 Å². The van der Waals surface area contributed by atoms with Gasteiger partial charge in [0.25, 0.3) is 0 Å². The number of amides is 3. The Morgan fingerprint density at radius 3 is 2.63 bits per heavy atom. The molecule has 0 spiro atoms. The van der Waals surface area contributed by atoms with Gasteiger partial charge in [0, 0.05) is 19.5 Å². The molecule has 3 aromatic rings. The van der Waals surface area contributed by atoms with Crippen LogP contribution in [0, 0.1) is 18.6 Å². The number of urea groups is 1. The normalized spacial score (nSPS) is 17.4. The fraction of sp³-hybridized carbons (Fsp3) is 0.346. The van der Waals surface area contributed by atoms with Crippen molar-refractivity contribution >= 4 is 17.8 Å². The molecule has 1 aromatic heterocycles. The first-order valence-corrected chi connectivity index (χ1v) is 12.3. The number of hydroxylamine groups is 2. The predicted octanol–water partition coefficient (Wildman–Crippen LogP) is 3.60. The van der Waals surface area contributed by atoms with Crippen molar-refractivity contribution < 1.29 is 27.9 Å². The maximum atomic E-state index is 13.9. The number of likely N-dealkylation sites (N-methyl/N-ethyl adjacent to an activating group) is 1. The first kappa shape index (κ1) is 27.0. The number of nitrogens with one attached hydrogen (secondary N) is 2. The molecule has 1 fully saturated rings. The predicted molar refractivity (Wildman–Crippen MR) is 136 cm³/mol. The molecular formula is C26H30F2N6O4. The molecule has 12 heteroatoms. The fourth-order valence-corrected chi connectivity index (χ4v) is 4.14. The summed E-state index contributed by atoms with van der Waals surface area (Å²) in [7, 11) is 0. The lowest BCUT2D eigenvalue weighted by Gasteiger charge is -2.19. The topological polar surface area (TPSA) is 124 Å². The summed E-state index contributed by atoms with van der Waals surface area (Å²) in [6.45, 7) is 4.75. The van der Waals surface area contributed by atoms with Crippen LogP contribution in [0.25, 0.3) is 5.69 Å². The number of primary amides is 1. The largest absolute Gasteiger partial charge is 0.476 e. The highest BCUT2D eigenvalue weighted by Crippen LogP contribution is 2.31. The second-order valence-electron chi connectivity index (χ2n) is 8.83. The van der Waals surface area contributed by atoms with Gasteiger partial charge >= 0.3 is 6.03 Å². The molecule has 3 amide bonds. The number of anilines is 1. The van der Waals surface area contributed by atoms with E-state index in [-0.39, 0.29) is 13.0 Å². The number of para-hydroxylation sites is 1. The molecule has 10 nitrogen and oxygen atoms in total. The lowest BCUT2D eigenvalue weighted by molar-refractivity contribution is -0.144. The third-order valence-corrected chi connectivity index (χ3v) is 6.09. The molecule has 4 rings (SSSR count). The van der Waals surface area contributed by atoms with Crippen LogP contribution in [-0.4, -0.2) is 52.5 Å². The summed E-state index contributed by atoms with van der Waals surface area (Å²) in [6, 6.07) is 11.7. The Morgan fingerprint density at radius 2 is 1.95 bits per heavy atom. The zero-order chi connectivity index (χ0) is 27.2. The molecule has 202 valence electrons. The van der Waals surface area contributed by atoms with Gasteiger partial charge in [-0.05, 0) is 43.2 Å². The van der Waals surface area contributed by atoms with Gasteiger partial charge in [0.2, 0.25) is 11.8 Å². The van der Waals surface area contributed by atoms with Gasteiger partial charge in [-0.1, -0.05) is 31.2 Å². The summed E-state index contributed by atoms with van der Waals surface area (Å²) in [5.74, 6) is -1.68. The number of hydrogen-bond acceptors (Lipinski definition) is 6. The number of hydrogen-bond donors (Lipinski definition) is 3. The maximum Gasteiger partial charge on any atom is 0.320 e. The first-order valence-electron chi connectivity index (χ1n) is 12.3. The molecular weight excluding hydrogens is 498 g/mol. The van der Waals surface area contributed by atoms with Gasteiger partial charge in [0.1, 0.15) is 11.9 Å². The molecule has 2 aromatic carbocycles. The van der Waals surface area contributed by atoms with E-state index in [0.717, 1.165) is 12.1 Å². The lowest BCUT2D eigenvalue weighted by Crippen LogP contribution is -2.42. The highest BCUT2D eigenvalue weighted by atomic mass is 19.2. The fourth-order valence-electron chi connectivity index (χ4n) is 4.14. The van der Waals surface area contributed by atoms with E-state index in [1.807, 2.05) is 37.3 Å². The number of aromatic nitrogens is 2. The lowest BCUT2D eigenvalue weighted by atomic mass is 10.0. The van der Waals surface area contributed by atoms with Crippen LogP contribution in [0.2, 0.25) is 0 Å². The van der Waals surface area contributed by atoms with E-state index in [2.05, 4.69) is 15.7 Å². The number of benzene rings is 2. The van der Waals surface area contributed by atoms with Gasteiger partial charge < -0.3 is 15.8 Å². The minimum absolute atomic E-state index is 0.184. The van der Waals surface area contributed by atoms with E-state index in [1.165, 1.54) is 6.07 Å². The highest BCUT2D eigenvalue weighted by Gasteiger charge is 2.36. The zero-order valence-corrected chi connectivity index (χ0v) is 21.1. The molecule has 1 aliphatic rings. The van der Waals surface area contributed by atoms with Crippen molar-refractivity contribution in [2.75, 3.05) is 25.0 Å². The summed E-state index contributed by atoms with van der Waals surface area (Å²) in [6.07, 6.45) is -0.0966. The van der Waals surface area contributed by atoms with E-state index < -0.39 is 35.7 Å². The van der Waals surface area contributed by atoms with Gasteiger partial charge in [0.05, 0.1) is 23.9 Å². The third kappa shape index (κ3) is 6.26. The number of halogens is 2. The van der Waals surface area contributed by atoms with Crippen LogP contribution < -0.4 is 21.1 Å². The Morgan fingerprint density at radius 1 is 1.18 bits per heavy atom. The van der Waals surface area contributed by atoms with Crippen LogP contribution in [-0.2, 0) is 9.63 Å². The summed E-state index contributed by atoms with van der Waals surface area (Å²) >= 11 is 0. The summed E-state index contributed by atoms with van der Waals surface area (Å²) in [5, 5.41) is 11.9. The van der Waals surface area contributed by atoms with Crippen LogP contribution >= 0.6 is 0 Å². The number of nitrogens with two attached hydrogens (primary N) is 1. The zero-order valence-electron chi connectivity index (χ0n) is 21.1. The second kappa shape index (κ2) is 12.0. The molecule has 0 aliphatic carbocycles. The molecule has 0 bridgehead atoms. The molecule has 4 N–H and O–H groups in total. The number of carbonyl (C=O) groups is 2. The minimum Gasteiger partial charge on any atom is -0.476 e. The van der Waals surface area contributed by atoms with Crippen LogP contribution in [0.3, 0.4) is 0 Å². The minimum atomic E-state index is -0.991. The van der Waals surface area contributed by atoms with Crippen molar-refractivity contribution in [1.82, 2.24) is 20.2 Å². The van der Waals surface area contributed by atoms with E-state index >= 15 is 0 Å². The smallest absolute Gasteiger partial charge is 0.320 e. The van der Waals surface area contributed by atoms with Crippen molar-refractivity contribution in [3.05, 3.63) is 71.3 Å². The second-order valence-corrected chi connectivity index (χ2v) is 8.83. The van der Waals surface area contributed by atoms with Crippen LogP contribution in [0.1, 0.15) is 37.0 Å². The molecule has 38 heavy (non-hydrogen) atoms. The van der Waals surface area contributed by atoms with E-state index in [0.29, 0.717) is 48.0 Å². The van der Waals surface area contributed by atoms with Gasteiger partial charge in [-0.15, -0.1) is 5.10 Å². The average Bonchev–Trinajstić information content (AvgIpc) is 3.44. The van der Waals surface area contributed by atoms with E-state index in [1.54, 1.807) is 16.7 Å². The number of rotatable bonds is 10. The molecule has 0 unspecified atom stereocenters. The SMILES string of the molecule is CCN1C[C@@H](NC(=O)Nc2c(C)c(OCCCC(N)=O)nn2-c2ccccc2)[C@H](c2ccc(F)c(F)c2)O1. The van der Waals surface area contributed by atoms with Crippen molar-refractivity contribution in [3.63, 3.8) is 0 Å². The van der Waals surface area contributed by atoms with Gasteiger partial charge in [0.15, 0.2) is 11.6 Å². The van der Waals surface area contributed by atoms with E-state index in [9.17, 15) is 18.4 Å². The quantitative estimate of drug-likeness (QED) is 0.346. The molecule has 0 saturated carbocycles. The van der Waals surface area contributed by atoms with Crippen molar-refractivity contribution in [2.45, 2.75) is 38.8 Å². The summed E-state index contributed by atoms with van der Waals surface area (Å²) in [5.41, 5.74) is 6.87. The number of nitrogens with zero attached hydrogens (tertiary/aromatic N) is 3. The molecule has 0 radical (unpaired) electrons. The highest BCUT2D eigenvalue weighted by molar-refractivity contribution is 5.90. The molecule has 1 saturated heterocycles. The monoisotopic (exact) mass is 528 g/mol. The van der Waals surface area contributed by atoms with Crippen molar-refractivity contribution in [3.8, 4) is 11.6 Å². The van der Waals surface area contributed by atoms with Gasteiger partial charge in [-0.3, -0.25) is 14.9 Å². The third-order valence-electron chi connectivity index (χ3n) is 6.09. The average molecular weight is 529 g/mol. The Labute approximate surface area is 218 Å². The summed E-state index contributed by atoms with van der Waals surface area (Å²) in [4.78, 5) is 30.1. The Kier molecular flexibility index (Phi) is 8.54. The molecule has 1 aliphatic heterocycles. The Hall–Kier alpha value is -4.03. The van der Waals surface area contributed by atoms with Crippen LogP contribution in [0.5, 0.6) is 5.88 Å². The standard InChI is InChI=1S/C26H30F2N6O4/c1-3-33-15-21(23(38-33)17-11-12-19(27)20(28)14-17)30-26(36)31-24-16(2)25(37-13-7-10-22(29)35)32-34(24)18-8-5-4-6-9-18/h4-6,8-9,11-12,14,21,23H,3,7,10,13,15H2,1-2H3,(H2,29,35)(H2,30,31,36)/t21-,23+/m1/s1.